The highest BCUT2D eigenvalue weighted by atomic mass is 79.9. The Kier molecular flexibility index (Phi) is 4.69. The molecular formula is C25H18BrFN4O2. The molecule has 0 saturated heterocycles. The van der Waals surface area contributed by atoms with E-state index < -0.39 is 6.10 Å². The molecule has 164 valence electrons. The Morgan fingerprint density at radius 3 is 2.73 bits per heavy atom. The second kappa shape index (κ2) is 7.74. The highest BCUT2D eigenvalue weighted by Crippen LogP contribution is 2.51. The Morgan fingerprint density at radius 1 is 1.09 bits per heavy atom. The van der Waals surface area contributed by atoms with E-state index in [1.54, 1.807) is 23.9 Å². The standard InChI is InChI=1S/C25H18BrFN4O2/c1-32-20-11-10-14(12-17(20)26)23-21-22(30-25-28-13-29-31(23)25)16-7-3-5-9-19(16)33-24(21)15-6-2-4-8-18(15)27/h2-13,23-24H,1H3,(H,28,29,30)/t23-,24+/m0/s1. The van der Waals surface area contributed by atoms with Crippen molar-refractivity contribution in [2.24, 2.45) is 0 Å². The molecule has 33 heavy (non-hydrogen) atoms. The van der Waals surface area contributed by atoms with E-state index in [1.165, 1.54) is 12.4 Å². The maximum Gasteiger partial charge on any atom is 0.226 e. The lowest BCUT2D eigenvalue weighted by atomic mass is 9.84. The molecule has 3 heterocycles. The van der Waals surface area contributed by atoms with Crippen LogP contribution < -0.4 is 14.8 Å². The van der Waals surface area contributed by atoms with Crippen LogP contribution in [-0.2, 0) is 0 Å². The van der Waals surface area contributed by atoms with E-state index in [4.69, 9.17) is 9.47 Å². The number of halogens is 2. The van der Waals surface area contributed by atoms with Crippen LogP contribution in [0.25, 0.3) is 5.70 Å². The van der Waals surface area contributed by atoms with Crippen molar-refractivity contribution in [3.05, 3.63) is 106 Å². The lowest BCUT2D eigenvalue weighted by molar-refractivity contribution is 0.218. The largest absolute Gasteiger partial charge is 0.496 e. The first kappa shape index (κ1) is 20.0. The monoisotopic (exact) mass is 504 g/mol. The summed E-state index contributed by atoms with van der Waals surface area (Å²) in [7, 11) is 1.63. The van der Waals surface area contributed by atoms with Gasteiger partial charge in [0.05, 0.1) is 17.3 Å². The van der Waals surface area contributed by atoms with Crippen molar-refractivity contribution < 1.29 is 13.9 Å². The molecule has 8 heteroatoms. The van der Waals surface area contributed by atoms with E-state index in [0.717, 1.165) is 32.6 Å². The van der Waals surface area contributed by atoms with E-state index >= 15 is 4.39 Å². The minimum Gasteiger partial charge on any atom is -0.496 e. The Morgan fingerprint density at radius 2 is 1.91 bits per heavy atom. The summed E-state index contributed by atoms with van der Waals surface area (Å²) in [6, 6.07) is 19.9. The predicted octanol–water partition coefficient (Wildman–Crippen LogP) is 5.75. The van der Waals surface area contributed by atoms with Crippen LogP contribution in [0.2, 0.25) is 0 Å². The second-order valence-electron chi connectivity index (χ2n) is 7.80. The molecule has 0 radical (unpaired) electrons. The molecule has 1 N–H and O–H groups in total. The van der Waals surface area contributed by atoms with Crippen molar-refractivity contribution in [3.63, 3.8) is 0 Å². The number of nitrogens with zero attached hydrogens (tertiary/aromatic N) is 3. The summed E-state index contributed by atoms with van der Waals surface area (Å²) in [6.07, 6.45) is 0.851. The second-order valence-corrected chi connectivity index (χ2v) is 8.65. The van der Waals surface area contributed by atoms with Crippen molar-refractivity contribution in [1.29, 1.82) is 0 Å². The van der Waals surface area contributed by atoms with E-state index in [0.29, 0.717) is 17.3 Å². The van der Waals surface area contributed by atoms with Crippen LogP contribution in [0.15, 0.2) is 83.1 Å². The third-order valence-corrected chi connectivity index (χ3v) is 6.62. The number of methoxy groups -OCH3 is 1. The van der Waals surface area contributed by atoms with E-state index in [-0.39, 0.29) is 11.9 Å². The Bertz CT molecular complexity index is 1420. The quantitative estimate of drug-likeness (QED) is 0.385. The molecule has 2 atom stereocenters. The van der Waals surface area contributed by atoms with Crippen molar-refractivity contribution in [2.75, 3.05) is 12.4 Å². The first-order valence-electron chi connectivity index (χ1n) is 10.4. The molecule has 2 aliphatic heterocycles. The normalized spacial score (nSPS) is 18.5. The highest BCUT2D eigenvalue weighted by Gasteiger charge is 2.41. The summed E-state index contributed by atoms with van der Waals surface area (Å²) in [5, 5.41) is 7.92. The van der Waals surface area contributed by atoms with Gasteiger partial charge in [0.2, 0.25) is 5.95 Å². The first-order valence-corrected chi connectivity index (χ1v) is 11.2. The topological polar surface area (TPSA) is 61.2 Å². The smallest absolute Gasteiger partial charge is 0.226 e. The lowest BCUT2D eigenvalue weighted by Gasteiger charge is -2.39. The van der Waals surface area contributed by atoms with Gasteiger partial charge in [-0.2, -0.15) is 10.1 Å². The molecule has 1 aromatic heterocycles. The maximum atomic E-state index is 15.1. The minimum atomic E-state index is -0.660. The number of benzene rings is 3. The molecule has 0 saturated carbocycles. The van der Waals surface area contributed by atoms with Crippen LogP contribution in [0.5, 0.6) is 11.5 Å². The number of aromatic nitrogens is 3. The van der Waals surface area contributed by atoms with Crippen molar-refractivity contribution in [2.45, 2.75) is 12.1 Å². The fourth-order valence-corrected chi connectivity index (χ4v) is 5.10. The van der Waals surface area contributed by atoms with Crippen LogP contribution >= 0.6 is 15.9 Å². The summed E-state index contributed by atoms with van der Waals surface area (Å²) in [4.78, 5) is 4.42. The summed E-state index contributed by atoms with van der Waals surface area (Å²) in [5.74, 6) is 1.68. The number of nitrogens with one attached hydrogen (secondary N) is 1. The zero-order chi connectivity index (χ0) is 22.5. The lowest BCUT2D eigenvalue weighted by Crippen LogP contribution is -2.32. The average Bonchev–Trinajstić information content (AvgIpc) is 3.31. The Labute approximate surface area is 197 Å². The molecule has 2 aliphatic rings. The number of fused-ring (bicyclic) bond motifs is 3. The minimum absolute atomic E-state index is 0.326. The summed E-state index contributed by atoms with van der Waals surface area (Å²) < 4.78 is 29.5. The third-order valence-electron chi connectivity index (χ3n) is 6.00. The number of rotatable bonds is 3. The van der Waals surface area contributed by atoms with Gasteiger partial charge in [0.1, 0.15) is 29.7 Å². The summed E-state index contributed by atoms with van der Waals surface area (Å²) in [5.41, 5.74) is 4.00. The molecule has 0 bridgehead atoms. The van der Waals surface area contributed by atoms with Gasteiger partial charge in [-0.05, 0) is 51.8 Å². The zero-order valence-electron chi connectivity index (χ0n) is 17.5. The van der Waals surface area contributed by atoms with E-state index in [9.17, 15) is 0 Å². The van der Waals surface area contributed by atoms with Gasteiger partial charge in [-0.3, -0.25) is 0 Å². The number of hydrogen-bond acceptors (Lipinski definition) is 5. The Balaban J connectivity index is 1.63. The molecular weight excluding hydrogens is 487 g/mol. The fourth-order valence-electron chi connectivity index (χ4n) is 4.54. The van der Waals surface area contributed by atoms with E-state index in [1.807, 2.05) is 48.5 Å². The van der Waals surface area contributed by atoms with E-state index in [2.05, 4.69) is 31.3 Å². The van der Waals surface area contributed by atoms with Crippen LogP contribution in [0, 0.1) is 5.82 Å². The van der Waals surface area contributed by atoms with Crippen molar-refractivity contribution >= 4 is 27.6 Å². The van der Waals surface area contributed by atoms with Crippen LogP contribution in [-0.4, -0.2) is 21.9 Å². The number of ether oxygens (including phenoxy) is 2. The number of hydrogen-bond donors (Lipinski definition) is 1. The molecule has 0 spiro atoms. The SMILES string of the molecule is COc1ccc([C@H]2C3=C(Nc4ncnn42)c2ccccc2O[C@@H]3c2ccccc2F)cc1Br. The molecule has 0 fully saturated rings. The maximum absolute atomic E-state index is 15.1. The summed E-state index contributed by atoms with van der Waals surface area (Å²) >= 11 is 3.60. The van der Waals surface area contributed by atoms with Crippen LogP contribution in [0.4, 0.5) is 10.3 Å². The molecule has 0 aliphatic carbocycles. The van der Waals surface area contributed by atoms with Crippen molar-refractivity contribution in [1.82, 2.24) is 14.8 Å². The molecule has 6 rings (SSSR count). The molecule has 3 aromatic carbocycles. The zero-order valence-corrected chi connectivity index (χ0v) is 19.1. The predicted molar refractivity (Wildman–Crippen MR) is 126 cm³/mol. The molecule has 0 unspecified atom stereocenters. The molecule has 4 aromatic rings. The Hall–Kier alpha value is -3.65. The van der Waals surface area contributed by atoms with Gasteiger partial charge in [0, 0.05) is 16.7 Å². The van der Waals surface area contributed by atoms with Gasteiger partial charge in [-0.25, -0.2) is 9.07 Å². The third kappa shape index (κ3) is 3.13. The molecule has 6 nitrogen and oxygen atoms in total. The van der Waals surface area contributed by atoms with Gasteiger partial charge < -0.3 is 14.8 Å². The van der Waals surface area contributed by atoms with Gasteiger partial charge in [0.25, 0.3) is 0 Å². The number of anilines is 1. The van der Waals surface area contributed by atoms with Crippen LogP contribution in [0.3, 0.4) is 0 Å². The summed E-state index contributed by atoms with van der Waals surface area (Å²) in [6.45, 7) is 0. The first-order chi connectivity index (χ1) is 16.2. The van der Waals surface area contributed by atoms with Gasteiger partial charge >= 0.3 is 0 Å². The van der Waals surface area contributed by atoms with Crippen LogP contribution in [0.1, 0.15) is 28.8 Å². The van der Waals surface area contributed by atoms with Crippen molar-refractivity contribution in [3.8, 4) is 11.5 Å². The highest BCUT2D eigenvalue weighted by molar-refractivity contribution is 9.10. The van der Waals surface area contributed by atoms with Gasteiger partial charge in [0.15, 0.2) is 6.10 Å². The molecule has 0 amide bonds. The number of para-hydroxylation sites is 1. The fraction of sp³-hybridized carbons (Fsp3) is 0.120. The van der Waals surface area contributed by atoms with Gasteiger partial charge in [-0.15, -0.1) is 0 Å². The van der Waals surface area contributed by atoms with Gasteiger partial charge in [-0.1, -0.05) is 36.4 Å². The average molecular weight is 505 g/mol.